The smallest absolute Gasteiger partial charge is 0.287 e. The molecule has 1 heterocycles. The van der Waals surface area contributed by atoms with Gasteiger partial charge in [-0.25, -0.2) is 0 Å². The average molecular weight is 246 g/mol. The van der Waals surface area contributed by atoms with Crippen molar-refractivity contribution in [3.05, 3.63) is 64.1 Å². The molecule has 1 aromatic carbocycles. The highest BCUT2D eigenvalue weighted by atomic mass is 16.6. The van der Waals surface area contributed by atoms with Crippen molar-refractivity contribution in [2.75, 3.05) is 0 Å². The molecule has 0 bridgehead atoms. The summed E-state index contributed by atoms with van der Waals surface area (Å²) in [5.41, 5.74) is 0.430. The van der Waals surface area contributed by atoms with Crippen LogP contribution in [-0.2, 0) is 6.54 Å². The standard InChI is InChI=1S/C12H10N2O4/c15-12(11-6-3-7-18-11)13-8-9-4-1-2-5-10(9)14(16)17/h1-7H,8H2,(H,13,15). The van der Waals surface area contributed by atoms with Crippen molar-refractivity contribution in [1.29, 1.82) is 0 Å². The van der Waals surface area contributed by atoms with Crippen LogP contribution in [0, 0.1) is 10.1 Å². The zero-order valence-corrected chi connectivity index (χ0v) is 9.33. The van der Waals surface area contributed by atoms with E-state index in [1.54, 1.807) is 24.3 Å². The van der Waals surface area contributed by atoms with E-state index >= 15 is 0 Å². The second-order valence-corrected chi connectivity index (χ2v) is 3.55. The zero-order chi connectivity index (χ0) is 13.0. The van der Waals surface area contributed by atoms with Crippen LogP contribution in [0.3, 0.4) is 0 Å². The molecule has 0 fully saturated rings. The van der Waals surface area contributed by atoms with Gasteiger partial charge in [-0.3, -0.25) is 14.9 Å². The Morgan fingerprint density at radius 1 is 1.28 bits per heavy atom. The molecule has 0 radical (unpaired) electrons. The Morgan fingerprint density at radius 2 is 2.06 bits per heavy atom. The number of hydrogen-bond acceptors (Lipinski definition) is 4. The number of nitrogens with one attached hydrogen (secondary N) is 1. The lowest BCUT2D eigenvalue weighted by Crippen LogP contribution is -2.22. The minimum Gasteiger partial charge on any atom is -0.459 e. The number of hydrogen-bond donors (Lipinski definition) is 1. The maximum atomic E-state index is 11.6. The monoisotopic (exact) mass is 246 g/mol. The third kappa shape index (κ3) is 2.54. The Morgan fingerprint density at radius 3 is 2.72 bits per heavy atom. The van der Waals surface area contributed by atoms with Gasteiger partial charge in [0.2, 0.25) is 0 Å². The molecule has 0 saturated carbocycles. The van der Waals surface area contributed by atoms with E-state index in [9.17, 15) is 14.9 Å². The molecule has 0 spiro atoms. The SMILES string of the molecule is O=C(NCc1ccccc1[N+](=O)[O-])c1ccco1. The Labute approximate surface area is 102 Å². The molecule has 6 heteroatoms. The van der Waals surface area contributed by atoms with Crippen LogP contribution >= 0.6 is 0 Å². The summed E-state index contributed by atoms with van der Waals surface area (Å²) in [6.45, 7) is 0.0800. The van der Waals surface area contributed by atoms with Crippen LogP contribution in [0.25, 0.3) is 0 Å². The van der Waals surface area contributed by atoms with Crippen LogP contribution in [0.1, 0.15) is 16.1 Å². The van der Waals surface area contributed by atoms with E-state index in [-0.39, 0.29) is 18.0 Å². The number of para-hydroxylation sites is 1. The Kier molecular flexibility index (Phi) is 3.38. The van der Waals surface area contributed by atoms with Gasteiger partial charge in [-0.15, -0.1) is 0 Å². The van der Waals surface area contributed by atoms with E-state index in [0.29, 0.717) is 5.56 Å². The molecule has 18 heavy (non-hydrogen) atoms. The highest BCUT2D eigenvalue weighted by molar-refractivity contribution is 5.91. The first-order valence-corrected chi connectivity index (χ1v) is 5.22. The van der Waals surface area contributed by atoms with Crippen molar-refractivity contribution in [2.45, 2.75) is 6.54 Å². The number of carbonyl (C=O) groups is 1. The van der Waals surface area contributed by atoms with Crippen molar-refractivity contribution in [2.24, 2.45) is 0 Å². The lowest BCUT2D eigenvalue weighted by Gasteiger charge is -2.04. The molecular weight excluding hydrogens is 236 g/mol. The minimum atomic E-state index is -0.478. The van der Waals surface area contributed by atoms with Gasteiger partial charge in [-0.05, 0) is 12.1 Å². The van der Waals surface area contributed by atoms with E-state index in [1.807, 2.05) is 0 Å². The fourth-order valence-electron chi connectivity index (χ4n) is 1.51. The second kappa shape index (κ2) is 5.13. The highest BCUT2D eigenvalue weighted by Crippen LogP contribution is 2.17. The summed E-state index contributed by atoms with van der Waals surface area (Å²) in [6, 6.07) is 9.38. The lowest BCUT2D eigenvalue weighted by atomic mass is 10.2. The van der Waals surface area contributed by atoms with Crippen molar-refractivity contribution in [3.8, 4) is 0 Å². The predicted molar refractivity (Wildman–Crippen MR) is 63.0 cm³/mol. The van der Waals surface area contributed by atoms with Crippen molar-refractivity contribution in [1.82, 2.24) is 5.32 Å². The second-order valence-electron chi connectivity index (χ2n) is 3.55. The van der Waals surface area contributed by atoms with Gasteiger partial charge in [-0.2, -0.15) is 0 Å². The molecule has 0 atom stereocenters. The highest BCUT2D eigenvalue weighted by Gasteiger charge is 2.14. The van der Waals surface area contributed by atoms with Crippen LogP contribution in [0.2, 0.25) is 0 Å². The summed E-state index contributed by atoms with van der Waals surface area (Å²) in [7, 11) is 0. The third-order valence-corrected chi connectivity index (χ3v) is 2.37. The first-order valence-electron chi connectivity index (χ1n) is 5.22. The Bertz CT molecular complexity index is 563. The first-order chi connectivity index (χ1) is 8.68. The molecule has 6 nitrogen and oxygen atoms in total. The molecule has 0 aliphatic heterocycles. The van der Waals surface area contributed by atoms with Gasteiger partial charge < -0.3 is 9.73 Å². The average Bonchev–Trinajstić information content (AvgIpc) is 2.90. The van der Waals surface area contributed by atoms with E-state index in [2.05, 4.69) is 5.32 Å². The van der Waals surface area contributed by atoms with Crippen LogP contribution in [0.5, 0.6) is 0 Å². The summed E-state index contributed by atoms with van der Waals surface area (Å²) in [6.07, 6.45) is 1.39. The maximum Gasteiger partial charge on any atom is 0.287 e. The largest absolute Gasteiger partial charge is 0.459 e. The van der Waals surface area contributed by atoms with E-state index in [0.717, 1.165) is 0 Å². The van der Waals surface area contributed by atoms with Gasteiger partial charge in [0, 0.05) is 18.2 Å². The van der Waals surface area contributed by atoms with Crippen LogP contribution < -0.4 is 5.32 Å². The molecular formula is C12H10N2O4. The van der Waals surface area contributed by atoms with Gasteiger partial charge in [0.15, 0.2) is 5.76 Å². The molecule has 1 N–H and O–H groups in total. The molecule has 1 aromatic heterocycles. The van der Waals surface area contributed by atoms with Gasteiger partial charge in [0.25, 0.3) is 11.6 Å². The lowest BCUT2D eigenvalue weighted by molar-refractivity contribution is -0.385. The number of rotatable bonds is 4. The molecule has 2 rings (SSSR count). The molecule has 0 aliphatic rings. The molecule has 0 saturated heterocycles. The summed E-state index contributed by atoms with van der Waals surface area (Å²) in [4.78, 5) is 21.9. The van der Waals surface area contributed by atoms with Gasteiger partial charge in [0.1, 0.15) is 0 Å². The number of amides is 1. The number of nitrogens with zero attached hydrogens (tertiary/aromatic N) is 1. The molecule has 92 valence electrons. The molecule has 0 aliphatic carbocycles. The van der Waals surface area contributed by atoms with E-state index < -0.39 is 10.8 Å². The third-order valence-electron chi connectivity index (χ3n) is 2.37. The topological polar surface area (TPSA) is 85.4 Å². The van der Waals surface area contributed by atoms with Gasteiger partial charge >= 0.3 is 0 Å². The number of nitro benzene ring substituents is 1. The minimum absolute atomic E-state index is 0.0164. The number of furan rings is 1. The summed E-state index contributed by atoms with van der Waals surface area (Å²) < 4.78 is 4.92. The van der Waals surface area contributed by atoms with Crippen molar-refractivity contribution < 1.29 is 14.1 Å². The molecule has 1 amide bonds. The van der Waals surface area contributed by atoms with Gasteiger partial charge in [0.05, 0.1) is 11.2 Å². The number of nitro groups is 1. The maximum absolute atomic E-state index is 11.6. The van der Waals surface area contributed by atoms with E-state index in [1.165, 1.54) is 18.4 Å². The zero-order valence-electron chi connectivity index (χ0n) is 9.33. The quantitative estimate of drug-likeness (QED) is 0.661. The number of benzene rings is 1. The first kappa shape index (κ1) is 11.8. The van der Waals surface area contributed by atoms with E-state index in [4.69, 9.17) is 4.42 Å². The van der Waals surface area contributed by atoms with Crippen molar-refractivity contribution >= 4 is 11.6 Å². The normalized spacial score (nSPS) is 10.0. The fraction of sp³-hybridized carbons (Fsp3) is 0.0833. The van der Waals surface area contributed by atoms with Crippen LogP contribution in [-0.4, -0.2) is 10.8 Å². The van der Waals surface area contributed by atoms with Crippen molar-refractivity contribution in [3.63, 3.8) is 0 Å². The Hall–Kier alpha value is -2.63. The van der Waals surface area contributed by atoms with Crippen LogP contribution in [0.4, 0.5) is 5.69 Å². The number of carbonyl (C=O) groups excluding carboxylic acids is 1. The molecule has 0 unspecified atom stereocenters. The van der Waals surface area contributed by atoms with Gasteiger partial charge in [-0.1, -0.05) is 18.2 Å². The summed E-state index contributed by atoms with van der Waals surface area (Å²) in [5.74, 6) is -0.230. The Balaban J connectivity index is 2.07. The van der Waals surface area contributed by atoms with Crippen LogP contribution in [0.15, 0.2) is 47.1 Å². The predicted octanol–water partition coefficient (Wildman–Crippen LogP) is 2.12. The fourth-order valence-corrected chi connectivity index (χ4v) is 1.51. The summed E-state index contributed by atoms with van der Waals surface area (Å²) in [5, 5.41) is 13.3. The molecule has 2 aromatic rings. The summed E-state index contributed by atoms with van der Waals surface area (Å²) >= 11 is 0.